The van der Waals surface area contributed by atoms with Crippen LogP contribution < -0.4 is 14.8 Å². The molecule has 4 aromatic carbocycles. The van der Waals surface area contributed by atoms with Crippen LogP contribution in [0.5, 0.6) is 23.0 Å². The van der Waals surface area contributed by atoms with Gasteiger partial charge in [0.2, 0.25) is 0 Å². The highest BCUT2D eigenvalue weighted by Crippen LogP contribution is 2.31. The Morgan fingerprint density at radius 2 is 0.784 bits per heavy atom. The lowest BCUT2D eigenvalue weighted by Crippen LogP contribution is -1.96. The first-order chi connectivity index (χ1) is 17.9. The molecule has 0 aliphatic carbocycles. The Hall–Kier alpha value is -5.44. The topological polar surface area (TPSA) is 117 Å². The first-order valence-corrected chi connectivity index (χ1v) is 11.1. The summed E-state index contributed by atoms with van der Waals surface area (Å²) in [5.74, 6) is -0.770. The number of anilines is 2. The van der Waals surface area contributed by atoms with Gasteiger partial charge in [-0.3, -0.25) is 0 Å². The minimum atomic E-state index is -0.685. The van der Waals surface area contributed by atoms with E-state index < -0.39 is 23.9 Å². The van der Waals surface area contributed by atoms with Crippen molar-refractivity contribution < 1.29 is 38.1 Å². The molecule has 2 aliphatic rings. The van der Waals surface area contributed by atoms with Crippen molar-refractivity contribution in [3.8, 4) is 23.0 Å². The number of hydrogen-bond donors (Lipinski definition) is 1. The number of nitrogens with one attached hydrogen (secondary N) is 1. The Morgan fingerprint density at radius 1 is 0.432 bits per heavy atom. The molecule has 2 heterocycles. The van der Waals surface area contributed by atoms with E-state index in [4.69, 9.17) is 9.47 Å². The zero-order valence-corrected chi connectivity index (χ0v) is 18.8. The minimum Gasteiger partial charge on any atom is -0.457 e. The van der Waals surface area contributed by atoms with Crippen LogP contribution in [0.25, 0.3) is 0 Å². The number of ether oxygens (including phenoxy) is 4. The smallest absolute Gasteiger partial charge is 0.347 e. The highest BCUT2D eigenvalue weighted by Gasteiger charge is 2.30. The third-order valence-electron chi connectivity index (χ3n) is 5.70. The fraction of sp³-hybridized carbons (Fsp3) is 0. The standard InChI is InChI=1S/C28H15NO8/c30-25-21-11-9-19(13-23(21)27(32)36-25)34-17-5-1-15(2-6-17)29-16-3-7-18(8-4-16)35-20-10-12-22-24(14-20)28(33)37-26(22)31/h1-14,29H. The van der Waals surface area contributed by atoms with Crippen molar-refractivity contribution >= 4 is 35.3 Å². The molecule has 0 atom stereocenters. The van der Waals surface area contributed by atoms with Gasteiger partial charge in [0, 0.05) is 11.4 Å². The van der Waals surface area contributed by atoms with Crippen LogP contribution >= 0.6 is 0 Å². The Balaban J connectivity index is 1.09. The molecule has 9 heteroatoms. The molecule has 0 amide bonds. The molecule has 0 unspecified atom stereocenters. The highest BCUT2D eigenvalue weighted by molar-refractivity contribution is 6.15. The Morgan fingerprint density at radius 3 is 1.19 bits per heavy atom. The number of fused-ring (bicyclic) bond motifs is 2. The van der Waals surface area contributed by atoms with Crippen molar-refractivity contribution in [2.24, 2.45) is 0 Å². The first kappa shape index (κ1) is 22.1. The second-order valence-corrected chi connectivity index (χ2v) is 8.15. The molecular formula is C28H15NO8. The maximum atomic E-state index is 11.7. The molecule has 0 fully saturated rings. The summed E-state index contributed by atoms with van der Waals surface area (Å²) in [6, 6.07) is 23.5. The van der Waals surface area contributed by atoms with E-state index in [0.29, 0.717) is 23.0 Å². The van der Waals surface area contributed by atoms with Crippen LogP contribution in [0.1, 0.15) is 41.4 Å². The number of cyclic esters (lactones) is 4. The third kappa shape index (κ3) is 4.25. The van der Waals surface area contributed by atoms with Crippen molar-refractivity contribution in [1.82, 2.24) is 0 Å². The zero-order valence-electron chi connectivity index (χ0n) is 18.8. The normalized spacial score (nSPS) is 13.5. The predicted octanol–water partition coefficient (Wildman–Crippen LogP) is 5.64. The monoisotopic (exact) mass is 493 g/mol. The summed E-state index contributed by atoms with van der Waals surface area (Å²) < 4.78 is 20.8. The molecule has 0 aromatic heterocycles. The van der Waals surface area contributed by atoms with Crippen molar-refractivity contribution in [3.05, 3.63) is 107 Å². The highest BCUT2D eigenvalue weighted by atomic mass is 16.6. The van der Waals surface area contributed by atoms with E-state index in [9.17, 15) is 19.2 Å². The Bertz CT molecular complexity index is 1490. The van der Waals surface area contributed by atoms with Crippen LogP contribution in [0.15, 0.2) is 84.9 Å². The summed E-state index contributed by atoms with van der Waals surface area (Å²) >= 11 is 0. The van der Waals surface area contributed by atoms with E-state index >= 15 is 0 Å². The number of carbonyl (C=O) groups is 4. The van der Waals surface area contributed by atoms with Gasteiger partial charge in [0.15, 0.2) is 0 Å². The van der Waals surface area contributed by atoms with Gasteiger partial charge in [-0.15, -0.1) is 0 Å². The molecule has 0 radical (unpaired) electrons. The van der Waals surface area contributed by atoms with Crippen molar-refractivity contribution in [3.63, 3.8) is 0 Å². The van der Waals surface area contributed by atoms with Crippen molar-refractivity contribution in [2.75, 3.05) is 5.32 Å². The molecule has 9 nitrogen and oxygen atoms in total. The number of carbonyl (C=O) groups excluding carboxylic acids is 4. The maximum Gasteiger partial charge on any atom is 0.347 e. The average molecular weight is 493 g/mol. The summed E-state index contributed by atoms with van der Waals surface area (Å²) in [7, 11) is 0. The number of benzene rings is 4. The Labute approximate surface area is 209 Å². The number of hydrogen-bond acceptors (Lipinski definition) is 9. The lowest BCUT2D eigenvalue weighted by atomic mass is 10.1. The summed E-state index contributed by atoms with van der Waals surface area (Å²) in [6.45, 7) is 0. The molecule has 0 saturated carbocycles. The molecule has 0 bridgehead atoms. The van der Waals surface area contributed by atoms with Crippen LogP contribution in [0.3, 0.4) is 0 Å². The van der Waals surface area contributed by atoms with E-state index in [-0.39, 0.29) is 22.3 Å². The molecule has 37 heavy (non-hydrogen) atoms. The van der Waals surface area contributed by atoms with Crippen molar-refractivity contribution in [2.45, 2.75) is 0 Å². The maximum absolute atomic E-state index is 11.7. The fourth-order valence-corrected chi connectivity index (χ4v) is 3.91. The van der Waals surface area contributed by atoms with Gasteiger partial charge < -0.3 is 24.3 Å². The SMILES string of the molecule is O=C1OC(=O)c2cc(Oc3ccc(Nc4ccc(Oc5ccc6c(c5)C(=O)OC6=O)cc4)cc3)ccc21. The van der Waals surface area contributed by atoms with Crippen LogP contribution in [0, 0.1) is 0 Å². The molecule has 1 N–H and O–H groups in total. The summed E-state index contributed by atoms with van der Waals surface area (Å²) in [5.41, 5.74) is 2.43. The molecule has 6 rings (SSSR count). The van der Waals surface area contributed by atoms with Gasteiger partial charge in [-0.1, -0.05) is 0 Å². The van der Waals surface area contributed by atoms with Gasteiger partial charge in [-0.25, -0.2) is 19.2 Å². The first-order valence-electron chi connectivity index (χ1n) is 11.1. The van der Waals surface area contributed by atoms with Crippen molar-refractivity contribution in [1.29, 1.82) is 0 Å². The molecule has 0 saturated heterocycles. The van der Waals surface area contributed by atoms with Crippen LogP contribution in [0.2, 0.25) is 0 Å². The van der Waals surface area contributed by atoms with Gasteiger partial charge >= 0.3 is 23.9 Å². The summed E-state index contributed by atoms with van der Waals surface area (Å²) in [5, 5.41) is 3.27. The summed E-state index contributed by atoms with van der Waals surface area (Å²) in [6.07, 6.45) is 0. The number of rotatable bonds is 6. The van der Waals surface area contributed by atoms with E-state index in [1.807, 2.05) is 24.3 Å². The molecule has 4 aromatic rings. The second-order valence-electron chi connectivity index (χ2n) is 8.15. The van der Waals surface area contributed by atoms with Crippen LogP contribution in [0.4, 0.5) is 11.4 Å². The van der Waals surface area contributed by atoms with Gasteiger partial charge in [-0.2, -0.15) is 0 Å². The molecule has 0 spiro atoms. The lowest BCUT2D eigenvalue weighted by molar-refractivity contribution is 0.0425. The fourth-order valence-electron chi connectivity index (χ4n) is 3.91. The average Bonchev–Trinajstić information content (AvgIpc) is 3.34. The lowest BCUT2D eigenvalue weighted by Gasteiger charge is -2.10. The van der Waals surface area contributed by atoms with Crippen LogP contribution in [-0.4, -0.2) is 23.9 Å². The minimum absolute atomic E-state index is 0.182. The molecule has 2 aliphatic heterocycles. The molecular weight excluding hydrogens is 478 g/mol. The van der Waals surface area contributed by atoms with E-state index in [1.54, 1.807) is 36.4 Å². The van der Waals surface area contributed by atoms with Gasteiger partial charge in [0.25, 0.3) is 0 Å². The number of esters is 4. The Kier molecular flexibility index (Phi) is 5.16. The van der Waals surface area contributed by atoms with Crippen LogP contribution in [-0.2, 0) is 9.47 Å². The third-order valence-corrected chi connectivity index (χ3v) is 5.70. The van der Waals surface area contributed by atoms with E-state index in [2.05, 4.69) is 14.8 Å². The van der Waals surface area contributed by atoms with E-state index in [1.165, 1.54) is 24.3 Å². The second kappa shape index (κ2) is 8.65. The van der Waals surface area contributed by atoms with Gasteiger partial charge in [0.05, 0.1) is 22.3 Å². The van der Waals surface area contributed by atoms with Gasteiger partial charge in [-0.05, 0) is 84.9 Å². The predicted molar refractivity (Wildman–Crippen MR) is 129 cm³/mol. The quantitative estimate of drug-likeness (QED) is 0.269. The molecule has 180 valence electrons. The zero-order chi connectivity index (χ0) is 25.5. The van der Waals surface area contributed by atoms with Gasteiger partial charge in [0.1, 0.15) is 23.0 Å². The van der Waals surface area contributed by atoms with E-state index in [0.717, 1.165) is 11.4 Å². The summed E-state index contributed by atoms with van der Waals surface area (Å²) in [4.78, 5) is 46.6. The largest absolute Gasteiger partial charge is 0.457 e.